The Morgan fingerprint density at radius 3 is 2.58 bits per heavy atom. The molecule has 0 N–H and O–H groups in total. The molecule has 3 rings (SSSR count). The number of carbonyl (C=O) groups is 1. The molecule has 0 bridgehead atoms. The number of esters is 1. The van der Waals surface area contributed by atoms with Gasteiger partial charge in [0.15, 0.2) is 0 Å². The number of nitrogens with zero attached hydrogens (tertiary/aromatic N) is 1. The molecule has 0 saturated heterocycles. The Hall–Kier alpha value is -2.33. The zero-order valence-corrected chi connectivity index (χ0v) is 14.8. The summed E-state index contributed by atoms with van der Waals surface area (Å²) >= 11 is 1.71. The van der Waals surface area contributed by atoms with Crippen molar-refractivity contribution in [2.75, 3.05) is 13.4 Å². The molecule has 0 saturated carbocycles. The SMILES string of the molecule is CCc1c(C(=O)OC)cc2cccnc2c1-c1ccc(SC)cc1. The third-order valence-corrected chi connectivity index (χ3v) is 4.88. The summed E-state index contributed by atoms with van der Waals surface area (Å²) in [6.07, 6.45) is 4.58. The molecule has 3 nitrogen and oxygen atoms in total. The van der Waals surface area contributed by atoms with Gasteiger partial charge in [-0.15, -0.1) is 11.8 Å². The van der Waals surface area contributed by atoms with Gasteiger partial charge in [0.25, 0.3) is 0 Å². The van der Waals surface area contributed by atoms with Crippen LogP contribution < -0.4 is 0 Å². The first-order chi connectivity index (χ1) is 11.7. The Kier molecular flexibility index (Phi) is 4.86. The third kappa shape index (κ3) is 2.89. The number of ether oxygens (including phenoxy) is 1. The molecule has 0 aliphatic heterocycles. The molecule has 1 aromatic heterocycles. The number of hydrogen-bond acceptors (Lipinski definition) is 4. The van der Waals surface area contributed by atoms with E-state index in [-0.39, 0.29) is 5.97 Å². The van der Waals surface area contributed by atoms with E-state index in [1.54, 1.807) is 18.0 Å². The van der Waals surface area contributed by atoms with Crippen LogP contribution >= 0.6 is 11.8 Å². The monoisotopic (exact) mass is 337 g/mol. The fourth-order valence-electron chi connectivity index (χ4n) is 2.99. The first-order valence-corrected chi connectivity index (χ1v) is 9.05. The molecule has 3 aromatic rings. The van der Waals surface area contributed by atoms with E-state index < -0.39 is 0 Å². The van der Waals surface area contributed by atoms with E-state index in [1.165, 1.54) is 12.0 Å². The minimum absolute atomic E-state index is 0.306. The number of thioether (sulfide) groups is 1. The molecule has 1 heterocycles. The van der Waals surface area contributed by atoms with Crippen molar-refractivity contribution in [3.05, 3.63) is 59.8 Å². The molecular formula is C20H19NO2S. The topological polar surface area (TPSA) is 39.2 Å². The summed E-state index contributed by atoms with van der Waals surface area (Å²) in [5, 5.41) is 0.944. The lowest BCUT2D eigenvalue weighted by atomic mass is 9.90. The second-order valence-electron chi connectivity index (χ2n) is 5.43. The molecule has 24 heavy (non-hydrogen) atoms. The van der Waals surface area contributed by atoms with Gasteiger partial charge < -0.3 is 4.74 Å². The number of methoxy groups -OCH3 is 1. The Balaban J connectivity index is 2.35. The summed E-state index contributed by atoms with van der Waals surface area (Å²) in [6, 6.07) is 14.1. The predicted octanol–water partition coefficient (Wildman–Crippen LogP) is 4.97. The quantitative estimate of drug-likeness (QED) is 0.497. The van der Waals surface area contributed by atoms with Gasteiger partial charge >= 0.3 is 5.97 Å². The molecule has 4 heteroatoms. The van der Waals surface area contributed by atoms with Crippen molar-refractivity contribution < 1.29 is 9.53 Å². The molecule has 0 aliphatic carbocycles. The maximum atomic E-state index is 12.3. The van der Waals surface area contributed by atoms with Crippen LogP contribution in [0.25, 0.3) is 22.0 Å². The van der Waals surface area contributed by atoms with Gasteiger partial charge in [-0.3, -0.25) is 4.98 Å². The van der Waals surface area contributed by atoms with Crippen molar-refractivity contribution in [1.29, 1.82) is 0 Å². The van der Waals surface area contributed by atoms with Gasteiger partial charge in [-0.1, -0.05) is 25.1 Å². The molecule has 0 radical (unpaired) electrons. The minimum Gasteiger partial charge on any atom is -0.465 e. The van der Waals surface area contributed by atoms with Gasteiger partial charge in [-0.2, -0.15) is 0 Å². The normalized spacial score (nSPS) is 10.8. The molecule has 0 fully saturated rings. The van der Waals surface area contributed by atoms with Crippen LogP contribution in [0.5, 0.6) is 0 Å². The maximum Gasteiger partial charge on any atom is 0.338 e. The predicted molar refractivity (Wildman–Crippen MR) is 99.7 cm³/mol. The Morgan fingerprint density at radius 2 is 1.96 bits per heavy atom. The highest BCUT2D eigenvalue weighted by molar-refractivity contribution is 7.98. The Morgan fingerprint density at radius 1 is 1.21 bits per heavy atom. The van der Waals surface area contributed by atoms with Gasteiger partial charge in [0.1, 0.15) is 0 Å². The summed E-state index contributed by atoms with van der Waals surface area (Å²) in [7, 11) is 1.42. The number of rotatable bonds is 4. The van der Waals surface area contributed by atoms with E-state index in [0.29, 0.717) is 5.56 Å². The molecule has 0 spiro atoms. The molecule has 122 valence electrons. The highest BCUT2D eigenvalue weighted by atomic mass is 32.2. The molecule has 0 amide bonds. The lowest BCUT2D eigenvalue weighted by Crippen LogP contribution is -2.07. The second-order valence-corrected chi connectivity index (χ2v) is 6.31. The summed E-state index contributed by atoms with van der Waals surface area (Å²) in [5.41, 5.74) is 4.59. The number of aromatic nitrogens is 1. The lowest BCUT2D eigenvalue weighted by molar-refractivity contribution is 0.0600. The zero-order chi connectivity index (χ0) is 17.1. The van der Waals surface area contributed by atoms with Gasteiger partial charge in [-0.05, 0) is 48.1 Å². The van der Waals surface area contributed by atoms with E-state index in [0.717, 1.165) is 34.0 Å². The number of hydrogen-bond donors (Lipinski definition) is 0. The zero-order valence-electron chi connectivity index (χ0n) is 14.0. The van der Waals surface area contributed by atoms with E-state index in [9.17, 15) is 4.79 Å². The average Bonchev–Trinajstić information content (AvgIpc) is 2.65. The van der Waals surface area contributed by atoms with Gasteiger partial charge in [-0.25, -0.2) is 4.79 Å². The molecular weight excluding hydrogens is 318 g/mol. The van der Waals surface area contributed by atoms with E-state index >= 15 is 0 Å². The Bertz CT molecular complexity index is 888. The Labute approximate surface area is 146 Å². The fourth-order valence-corrected chi connectivity index (χ4v) is 3.40. The van der Waals surface area contributed by atoms with Crippen LogP contribution in [0.15, 0.2) is 53.6 Å². The minimum atomic E-state index is -0.306. The van der Waals surface area contributed by atoms with Crippen molar-refractivity contribution in [2.24, 2.45) is 0 Å². The van der Waals surface area contributed by atoms with E-state index in [1.807, 2.05) is 18.2 Å². The number of carbonyl (C=O) groups excluding carboxylic acids is 1. The fraction of sp³-hybridized carbons (Fsp3) is 0.200. The number of fused-ring (bicyclic) bond motifs is 1. The molecule has 2 aromatic carbocycles. The van der Waals surface area contributed by atoms with Crippen LogP contribution in [0, 0.1) is 0 Å². The number of pyridine rings is 1. The van der Waals surface area contributed by atoms with Crippen LogP contribution in [-0.2, 0) is 11.2 Å². The van der Waals surface area contributed by atoms with E-state index in [2.05, 4.69) is 42.4 Å². The van der Waals surface area contributed by atoms with Gasteiger partial charge in [0.05, 0.1) is 18.2 Å². The highest BCUT2D eigenvalue weighted by Crippen LogP contribution is 2.35. The average molecular weight is 337 g/mol. The largest absolute Gasteiger partial charge is 0.465 e. The smallest absolute Gasteiger partial charge is 0.338 e. The van der Waals surface area contributed by atoms with Crippen LogP contribution in [0.3, 0.4) is 0 Å². The van der Waals surface area contributed by atoms with Crippen LogP contribution in [0.4, 0.5) is 0 Å². The van der Waals surface area contributed by atoms with Crippen molar-refractivity contribution >= 4 is 28.6 Å². The number of benzene rings is 2. The van der Waals surface area contributed by atoms with Crippen LogP contribution in [-0.4, -0.2) is 24.3 Å². The summed E-state index contributed by atoms with van der Waals surface area (Å²) < 4.78 is 4.99. The second kappa shape index (κ2) is 7.05. The lowest BCUT2D eigenvalue weighted by Gasteiger charge is -2.16. The van der Waals surface area contributed by atoms with Crippen LogP contribution in [0.1, 0.15) is 22.8 Å². The molecule has 0 unspecified atom stereocenters. The van der Waals surface area contributed by atoms with Crippen molar-refractivity contribution in [3.8, 4) is 11.1 Å². The summed E-state index contributed by atoms with van der Waals surface area (Å²) in [5.74, 6) is -0.306. The highest BCUT2D eigenvalue weighted by Gasteiger charge is 2.19. The van der Waals surface area contributed by atoms with E-state index in [4.69, 9.17) is 4.74 Å². The van der Waals surface area contributed by atoms with Gasteiger partial charge in [0.2, 0.25) is 0 Å². The van der Waals surface area contributed by atoms with Crippen LogP contribution in [0.2, 0.25) is 0 Å². The summed E-state index contributed by atoms with van der Waals surface area (Å²) in [4.78, 5) is 18.1. The van der Waals surface area contributed by atoms with Crippen molar-refractivity contribution in [3.63, 3.8) is 0 Å². The maximum absolute atomic E-state index is 12.3. The first-order valence-electron chi connectivity index (χ1n) is 7.83. The third-order valence-electron chi connectivity index (χ3n) is 4.14. The molecule has 0 atom stereocenters. The molecule has 0 aliphatic rings. The summed E-state index contributed by atoms with van der Waals surface area (Å²) in [6.45, 7) is 2.05. The van der Waals surface area contributed by atoms with Crippen molar-refractivity contribution in [2.45, 2.75) is 18.2 Å². The van der Waals surface area contributed by atoms with Crippen molar-refractivity contribution in [1.82, 2.24) is 4.98 Å². The van der Waals surface area contributed by atoms with Gasteiger partial charge in [0, 0.05) is 22.0 Å². The standard InChI is InChI=1S/C20H19NO2S/c1-4-16-17(20(22)23-2)12-14-6-5-11-21-19(14)18(16)13-7-9-15(24-3)10-8-13/h5-12H,4H2,1-3H3. The first kappa shape index (κ1) is 16.5.